The number of carbonyl (C=O) groups is 1. The number of fused-ring (bicyclic) bond motifs is 2. The Morgan fingerprint density at radius 1 is 0.955 bits per heavy atom. The van der Waals surface area contributed by atoms with Crippen LogP contribution in [-0.4, -0.2) is 15.9 Å². The number of hydrogen-bond acceptors (Lipinski definition) is 2. The summed E-state index contributed by atoms with van der Waals surface area (Å²) in [6.07, 6.45) is 3.48. The van der Waals surface area contributed by atoms with Gasteiger partial charge in [-0.05, 0) is 30.3 Å². The summed E-state index contributed by atoms with van der Waals surface area (Å²) in [5.41, 5.74) is 3.21. The lowest BCUT2D eigenvalue weighted by Gasteiger charge is -2.07. The summed E-state index contributed by atoms with van der Waals surface area (Å²) < 4.78 is 0. The molecule has 0 aliphatic carbocycles. The summed E-state index contributed by atoms with van der Waals surface area (Å²) in [5.74, 6) is -0.131. The average molecular weight is 287 g/mol. The van der Waals surface area contributed by atoms with Crippen molar-refractivity contribution in [1.82, 2.24) is 9.97 Å². The number of para-hydroxylation sites is 1. The van der Waals surface area contributed by atoms with Gasteiger partial charge in [0.05, 0.1) is 16.8 Å². The van der Waals surface area contributed by atoms with E-state index in [0.717, 1.165) is 27.5 Å². The van der Waals surface area contributed by atoms with Gasteiger partial charge in [-0.25, -0.2) is 0 Å². The highest BCUT2D eigenvalue weighted by Crippen LogP contribution is 2.23. The molecule has 4 aromatic rings. The third-order valence-electron chi connectivity index (χ3n) is 3.73. The van der Waals surface area contributed by atoms with Crippen LogP contribution in [0.5, 0.6) is 0 Å². The molecule has 0 unspecified atom stereocenters. The van der Waals surface area contributed by atoms with Gasteiger partial charge in [-0.15, -0.1) is 0 Å². The summed E-state index contributed by atoms with van der Waals surface area (Å²) in [6, 6.07) is 17.3. The maximum atomic E-state index is 12.6. The molecule has 2 aromatic carbocycles. The van der Waals surface area contributed by atoms with Crippen LogP contribution < -0.4 is 5.32 Å². The number of aromatic amines is 1. The first kappa shape index (κ1) is 12.6. The zero-order chi connectivity index (χ0) is 14.9. The third-order valence-corrected chi connectivity index (χ3v) is 3.73. The van der Waals surface area contributed by atoms with E-state index in [2.05, 4.69) is 15.3 Å². The van der Waals surface area contributed by atoms with Crippen LogP contribution in [0, 0.1) is 0 Å². The molecule has 2 heterocycles. The first-order chi connectivity index (χ1) is 10.8. The van der Waals surface area contributed by atoms with Crippen LogP contribution in [0.25, 0.3) is 21.8 Å². The lowest BCUT2D eigenvalue weighted by molar-refractivity contribution is 0.102. The molecule has 0 spiro atoms. The fourth-order valence-corrected chi connectivity index (χ4v) is 2.66. The quantitative estimate of drug-likeness (QED) is 0.586. The van der Waals surface area contributed by atoms with E-state index in [1.54, 1.807) is 12.4 Å². The van der Waals surface area contributed by atoms with Crippen molar-refractivity contribution in [2.45, 2.75) is 0 Å². The fraction of sp³-hybridized carbons (Fsp3) is 0. The molecule has 0 atom stereocenters. The van der Waals surface area contributed by atoms with E-state index in [1.165, 1.54) is 0 Å². The van der Waals surface area contributed by atoms with Crippen molar-refractivity contribution in [3.8, 4) is 0 Å². The van der Waals surface area contributed by atoms with Gasteiger partial charge >= 0.3 is 0 Å². The molecule has 1 amide bonds. The molecule has 0 aliphatic rings. The molecular weight excluding hydrogens is 274 g/mol. The predicted octanol–water partition coefficient (Wildman–Crippen LogP) is 3.97. The Balaban J connectivity index is 1.75. The van der Waals surface area contributed by atoms with Crippen LogP contribution >= 0.6 is 0 Å². The van der Waals surface area contributed by atoms with Gasteiger partial charge in [0, 0.05) is 28.7 Å². The summed E-state index contributed by atoms with van der Waals surface area (Å²) in [6.45, 7) is 0. The number of nitrogens with one attached hydrogen (secondary N) is 2. The standard InChI is InChI=1S/C18H13N3O/c22-18(14-11-20-15-7-2-1-5-12(14)15)21-17-9-3-8-16-13(17)6-4-10-19-16/h1-11,20H,(H,21,22). The molecule has 0 bridgehead atoms. The normalized spacial score (nSPS) is 10.9. The number of benzene rings is 2. The molecule has 4 heteroatoms. The molecule has 22 heavy (non-hydrogen) atoms. The SMILES string of the molecule is O=C(Nc1cccc2ncccc12)c1c[nH]c2ccccc12. The maximum Gasteiger partial charge on any atom is 0.257 e. The molecule has 2 N–H and O–H groups in total. The zero-order valence-electron chi connectivity index (χ0n) is 11.7. The Kier molecular flexibility index (Phi) is 2.86. The summed E-state index contributed by atoms with van der Waals surface area (Å²) in [4.78, 5) is 20.0. The summed E-state index contributed by atoms with van der Waals surface area (Å²) in [7, 11) is 0. The Labute approximate surface area is 126 Å². The molecular formula is C18H13N3O. The maximum absolute atomic E-state index is 12.6. The van der Waals surface area contributed by atoms with Gasteiger partial charge < -0.3 is 10.3 Å². The molecule has 2 aromatic heterocycles. The molecule has 0 fully saturated rings. The number of carbonyl (C=O) groups excluding carboxylic acids is 1. The van der Waals surface area contributed by atoms with Crippen LogP contribution in [0.15, 0.2) is 67.0 Å². The number of rotatable bonds is 2. The Hall–Kier alpha value is -3.14. The second-order valence-electron chi connectivity index (χ2n) is 5.08. The van der Waals surface area contributed by atoms with E-state index in [4.69, 9.17) is 0 Å². The highest BCUT2D eigenvalue weighted by molar-refractivity contribution is 6.14. The van der Waals surface area contributed by atoms with Crippen LogP contribution in [0.2, 0.25) is 0 Å². The minimum Gasteiger partial charge on any atom is -0.360 e. The van der Waals surface area contributed by atoms with Crippen LogP contribution in [0.4, 0.5) is 5.69 Å². The number of pyridine rings is 1. The molecule has 106 valence electrons. The number of aromatic nitrogens is 2. The van der Waals surface area contributed by atoms with Crippen LogP contribution in [0.1, 0.15) is 10.4 Å². The first-order valence-electron chi connectivity index (χ1n) is 7.04. The van der Waals surface area contributed by atoms with E-state index < -0.39 is 0 Å². The number of nitrogens with zero attached hydrogens (tertiary/aromatic N) is 1. The largest absolute Gasteiger partial charge is 0.360 e. The lowest BCUT2D eigenvalue weighted by Crippen LogP contribution is -2.11. The lowest BCUT2D eigenvalue weighted by atomic mass is 10.1. The topological polar surface area (TPSA) is 57.8 Å². The van der Waals surface area contributed by atoms with Crippen molar-refractivity contribution in [3.63, 3.8) is 0 Å². The van der Waals surface area contributed by atoms with Crippen LogP contribution in [0.3, 0.4) is 0 Å². The van der Waals surface area contributed by atoms with Crippen LogP contribution in [-0.2, 0) is 0 Å². The summed E-state index contributed by atoms with van der Waals surface area (Å²) in [5, 5.41) is 4.82. The average Bonchev–Trinajstić information content (AvgIpc) is 2.99. The van der Waals surface area contributed by atoms with Gasteiger partial charge in [-0.1, -0.05) is 24.3 Å². The van der Waals surface area contributed by atoms with E-state index in [1.807, 2.05) is 54.6 Å². The minimum atomic E-state index is -0.131. The van der Waals surface area contributed by atoms with Gasteiger partial charge in [-0.2, -0.15) is 0 Å². The van der Waals surface area contributed by atoms with Crippen molar-refractivity contribution >= 4 is 33.4 Å². The Bertz CT molecular complexity index is 982. The number of anilines is 1. The van der Waals surface area contributed by atoms with Crippen molar-refractivity contribution in [2.75, 3.05) is 5.32 Å². The van der Waals surface area contributed by atoms with Gasteiger partial charge in [0.2, 0.25) is 0 Å². The number of hydrogen-bond donors (Lipinski definition) is 2. The van der Waals surface area contributed by atoms with Crippen molar-refractivity contribution in [3.05, 3.63) is 72.6 Å². The first-order valence-corrected chi connectivity index (χ1v) is 7.04. The monoisotopic (exact) mass is 287 g/mol. The second kappa shape index (κ2) is 5.00. The fourth-order valence-electron chi connectivity index (χ4n) is 2.66. The highest BCUT2D eigenvalue weighted by Gasteiger charge is 2.13. The third kappa shape index (κ3) is 2.02. The van der Waals surface area contributed by atoms with E-state index in [0.29, 0.717) is 5.56 Å². The smallest absolute Gasteiger partial charge is 0.257 e. The van der Waals surface area contributed by atoms with Gasteiger partial charge in [0.25, 0.3) is 5.91 Å². The van der Waals surface area contributed by atoms with Gasteiger partial charge in [0.15, 0.2) is 0 Å². The second-order valence-corrected chi connectivity index (χ2v) is 5.08. The number of amides is 1. The van der Waals surface area contributed by atoms with Crippen molar-refractivity contribution in [2.24, 2.45) is 0 Å². The molecule has 0 saturated heterocycles. The Morgan fingerprint density at radius 2 is 1.82 bits per heavy atom. The summed E-state index contributed by atoms with van der Waals surface area (Å²) >= 11 is 0. The molecule has 0 aliphatic heterocycles. The molecule has 0 saturated carbocycles. The Morgan fingerprint density at radius 3 is 2.77 bits per heavy atom. The van der Waals surface area contributed by atoms with Gasteiger partial charge in [-0.3, -0.25) is 9.78 Å². The molecule has 0 radical (unpaired) electrons. The van der Waals surface area contributed by atoms with Crippen molar-refractivity contribution in [1.29, 1.82) is 0 Å². The van der Waals surface area contributed by atoms with E-state index in [9.17, 15) is 4.79 Å². The van der Waals surface area contributed by atoms with Crippen molar-refractivity contribution < 1.29 is 4.79 Å². The van der Waals surface area contributed by atoms with Gasteiger partial charge in [0.1, 0.15) is 0 Å². The predicted molar refractivity (Wildman–Crippen MR) is 88.0 cm³/mol. The zero-order valence-corrected chi connectivity index (χ0v) is 11.7. The molecule has 4 nitrogen and oxygen atoms in total. The van der Waals surface area contributed by atoms with E-state index in [-0.39, 0.29) is 5.91 Å². The van der Waals surface area contributed by atoms with E-state index >= 15 is 0 Å². The highest BCUT2D eigenvalue weighted by atomic mass is 16.1. The number of H-pyrrole nitrogens is 1. The minimum absolute atomic E-state index is 0.131. The molecule has 4 rings (SSSR count).